The predicted octanol–water partition coefficient (Wildman–Crippen LogP) is 10.5. The van der Waals surface area contributed by atoms with Crippen molar-refractivity contribution in [2.45, 2.75) is 275 Å². The maximum absolute atomic E-state index is 13.0. The van der Waals surface area contributed by atoms with Gasteiger partial charge in [-0.25, -0.2) is 0 Å². The zero-order valence-corrected chi connectivity index (χ0v) is 37.1. The van der Waals surface area contributed by atoms with E-state index in [0.29, 0.717) is 6.42 Å². The second-order valence-corrected chi connectivity index (χ2v) is 17.3. The van der Waals surface area contributed by atoms with E-state index in [0.717, 1.165) is 38.5 Å². The van der Waals surface area contributed by atoms with Crippen LogP contribution in [0.4, 0.5) is 0 Å². The lowest BCUT2D eigenvalue weighted by molar-refractivity contribution is -0.302. The third-order valence-electron chi connectivity index (χ3n) is 11.9. The monoisotopic (exact) mass is 812 g/mol. The van der Waals surface area contributed by atoms with Gasteiger partial charge in [0.1, 0.15) is 24.4 Å². The molecule has 1 fully saturated rings. The normalized spacial score (nSPS) is 21.0. The molecule has 0 bridgehead atoms. The third-order valence-corrected chi connectivity index (χ3v) is 11.9. The minimum absolute atomic E-state index is 0.173. The molecule has 0 aliphatic carbocycles. The molecule has 57 heavy (non-hydrogen) atoms. The van der Waals surface area contributed by atoms with Crippen molar-refractivity contribution in [1.82, 2.24) is 5.32 Å². The van der Waals surface area contributed by atoms with Crippen LogP contribution in [0.3, 0.4) is 0 Å². The number of carbonyl (C=O) groups is 1. The van der Waals surface area contributed by atoms with Gasteiger partial charge in [0.05, 0.1) is 25.4 Å². The van der Waals surface area contributed by atoms with E-state index >= 15 is 0 Å². The topological polar surface area (TPSA) is 149 Å². The number of ether oxygens (including phenoxy) is 2. The first-order chi connectivity index (χ1) is 27.8. The number of carbonyl (C=O) groups excluding carboxylic acids is 1. The highest BCUT2D eigenvalue weighted by Crippen LogP contribution is 2.23. The fourth-order valence-corrected chi connectivity index (χ4v) is 7.92. The van der Waals surface area contributed by atoms with Gasteiger partial charge in [0.2, 0.25) is 5.91 Å². The maximum Gasteiger partial charge on any atom is 0.220 e. The molecule has 0 radical (unpaired) electrons. The van der Waals surface area contributed by atoms with Crippen LogP contribution in [0.2, 0.25) is 0 Å². The lowest BCUT2D eigenvalue weighted by Gasteiger charge is -2.40. The van der Waals surface area contributed by atoms with Crippen LogP contribution >= 0.6 is 0 Å². The van der Waals surface area contributed by atoms with Crippen molar-refractivity contribution in [3.8, 4) is 0 Å². The zero-order valence-electron chi connectivity index (χ0n) is 37.1. The van der Waals surface area contributed by atoms with Crippen LogP contribution in [-0.2, 0) is 14.3 Å². The Morgan fingerprint density at radius 2 is 0.965 bits per heavy atom. The summed E-state index contributed by atoms with van der Waals surface area (Å²) in [7, 11) is 0. The number of hydrogen-bond donors (Lipinski definition) is 6. The molecule has 1 saturated heterocycles. The number of rotatable bonds is 41. The molecule has 1 rings (SSSR count). The molecule has 1 amide bonds. The Balaban J connectivity index is 2.25. The maximum atomic E-state index is 13.0. The molecular formula is C48H93NO8. The van der Waals surface area contributed by atoms with Crippen molar-refractivity contribution in [3.63, 3.8) is 0 Å². The van der Waals surface area contributed by atoms with Gasteiger partial charge in [-0.15, -0.1) is 0 Å². The van der Waals surface area contributed by atoms with Crippen LogP contribution in [-0.4, -0.2) is 87.5 Å². The van der Waals surface area contributed by atoms with E-state index in [-0.39, 0.29) is 12.5 Å². The molecule has 0 aromatic carbocycles. The summed E-state index contributed by atoms with van der Waals surface area (Å²) in [6.07, 6.45) is 38.3. The molecule has 0 saturated carbocycles. The third kappa shape index (κ3) is 29.7. The number of hydrogen-bond acceptors (Lipinski definition) is 8. The Bertz CT molecular complexity index is 904. The van der Waals surface area contributed by atoms with Crippen molar-refractivity contribution < 1.29 is 39.8 Å². The SMILES string of the molecule is CCCCCCCCCCCC/C=C/[C@@H](O)[C@H](CO[C@H]1O[C@@H](CO)[C@H](O)C(O)C1O)NC(=O)CCCCCCCCCCCCCCCCCCCCCCCC. The van der Waals surface area contributed by atoms with E-state index in [4.69, 9.17) is 9.47 Å². The molecule has 338 valence electrons. The molecule has 0 aromatic rings. The average Bonchev–Trinajstić information content (AvgIpc) is 3.21. The summed E-state index contributed by atoms with van der Waals surface area (Å²) in [6, 6.07) is -0.798. The van der Waals surface area contributed by atoms with Crippen molar-refractivity contribution in [2.24, 2.45) is 0 Å². The zero-order chi connectivity index (χ0) is 41.6. The van der Waals surface area contributed by atoms with E-state index in [2.05, 4.69) is 19.2 Å². The fraction of sp³-hybridized carbons (Fsp3) is 0.938. The van der Waals surface area contributed by atoms with Crippen LogP contribution in [0.25, 0.3) is 0 Å². The summed E-state index contributed by atoms with van der Waals surface area (Å²) in [5.74, 6) is -0.173. The summed E-state index contributed by atoms with van der Waals surface area (Å²) in [6.45, 7) is 3.78. The van der Waals surface area contributed by atoms with Crippen LogP contribution in [0.15, 0.2) is 12.2 Å². The Morgan fingerprint density at radius 1 is 0.579 bits per heavy atom. The van der Waals surface area contributed by atoms with Crippen LogP contribution in [0.1, 0.15) is 232 Å². The first-order valence-electron chi connectivity index (χ1n) is 24.4. The molecule has 6 N–H and O–H groups in total. The Labute approximate surface area is 350 Å². The average molecular weight is 812 g/mol. The number of unbranched alkanes of at least 4 members (excludes halogenated alkanes) is 31. The number of allylic oxidation sites excluding steroid dienone is 1. The molecule has 9 heteroatoms. The van der Waals surface area contributed by atoms with E-state index < -0.39 is 49.5 Å². The van der Waals surface area contributed by atoms with Crippen molar-refractivity contribution in [3.05, 3.63) is 12.2 Å². The van der Waals surface area contributed by atoms with Gasteiger partial charge < -0.3 is 40.3 Å². The lowest BCUT2D eigenvalue weighted by atomic mass is 9.99. The van der Waals surface area contributed by atoms with Crippen LogP contribution in [0, 0.1) is 0 Å². The predicted molar refractivity (Wildman–Crippen MR) is 235 cm³/mol. The van der Waals surface area contributed by atoms with Crippen molar-refractivity contribution >= 4 is 5.91 Å². The quantitative estimate of drug-likeness (QED) is 0.0264. The van der Waals surface area contributed by atoms with E-state index in [9.17, 15) is 30.3 Å². The molecule has 7 atom stereocenters. The summed E-state index contributed by atoms with van der Waals surface area (Å²) in [4.78, 5) is 13.0. The smallest absolute Gasteiger partial charge is 0.220 e. The summed E-state index contributed by atoms with van der Waals surface area (Å²) >= 11 is 0. The summed E-state index contributed by atoms with van der Waals surface area (Å²) in [5, 5.41) is 54.2. The van der Waals surface area contributed by atoms with E-state index in [1.54, 1.807) is 6.08 Å². The minimum Gasteiger partial charge on any atom is -0.394 e. The Hall–Kier alpha value is -1.07. The second kappa shape index (κ2) is 39.1. The van der Waals surface area contributed by atoms with Gasteiger partial charge in [-0.1, -0.05) is 219 Å². The molecule has 1 aliphatic heterocycles. The van der Waals surface area contributed by atoms with Gasteiger partial charge >= 0.3 is 0 Å². The molecule has 0 aromatic heterocycles. The molecule has 2 unspecified atom stereocenters. The van der Waals surface area contributed by atoms with Crippen LogP contribution < -0.4 is 5.32 Å². The molecule has 1 aliphatic rings. The lowest BCUT2D eigenvalue weighted by Crippen LogP contribution is -2.60. The molecular weight excluding hydrogens is 719 g/mol. The first kappa shape index (κ1) is 53.9. The number of aliphatic hydroxyl groups excluding tert-OH is 5. The first-order valence-corrected chi connectivity index (χ1v) is 24.4. The molecule has 9 nitrogen and oxygen atoms in total. The largest absolute Gasteiger partial charge is 0.394 e. The highest BCUT2D eigenvalue weighted by Gasteiger charge is 2.44. The van der Waals surface area contributed by atoms with Gasteiger partial charge in [0.25, 0.3) is 0 Å². The summed E-state index contributed by atoms with van der Waals surface area (Å²) < 4.78 is 11.2. The van der Waals surface area contributed by atoms with Gasteiger partial charge in [0.15, 0.2) is 6.29 Å². The number of amides is 1. The van der Waals surface area contributed by atoms with Gasteiger partial charge in [0, 0.05) is 6.42 Å². The minimum atomic E-state index is -1.56. The molecule has 1 heterocycles. The Kier molecular flexibility index (Phi) is 37.0. The Morgan fingerprint density at radius 3 is 1.37 bits per heavy atom. The fourth-order valence-electron chi connectivity index (χ4n) is 7.92. The van der Waals surface area contributed by atoms with E-state index in [1.807, 2.05) is 6.08 Å². The van der Waals surface area contributed by atoms with E-state index in [1.165, 1.54) is 173 Å². The molecule has 0 spiro atoms. The van der Waals surface area contributed by atoms with Crippen molar-refractivity contribution in [1.29, 1.82) is 0 Å². The van der Waals surface area contributed by atoms with Crippen LogP contribution in [0.5, 0.6) is 0 Å². The van der Waals surface area contributed by atoms with Gasteiger partial charge in [-0.05, 0) is 19.3 Å². The highest BCUT2D eigenvalue weighted by atomic mass is 16.7. The highest BCUT2D eigenvalue weighted by molar-refractivity contribution is 5.76. The number of aliphatic hydroxyl groups is 5. The van der Waals surface area contributed by atoms with Crippen molar-refractivity contribution in [2.75, 3.05) is 13.2 Å². The standard InChI is InChI=1S/C48H93NO8/c1-3-5-7-9-11-13-15-17-18-19-20-21-22-23-24-25-26-28-30-32-34-36-38-44(52)49-41(40-56-48-47(55)46(54)45(53)43(39-50)57-48)42(51)37-35-33-31-29-27-16-14-12-10-8-6-4-2/h35,37,41-43,45-48,50-51,53-55H,3-34,36,38-40H2,1-2H3,(H,49,52)/b37-35+/t41-,42+,43-,45-,46?,47?,48-/m0/s1. The van der Waals surface area contributed by atoms with Gasteiger partial charge in [-0.3, -0.25) is 4.79 Å². The number of nitrogens with one attached hydrogen (secondary N) is 1. The second-order valence-electron chi connectivity index (χ2n) is 17.3. The summed E-state index contributed by atoms with van der Waals surface area (Å²) in [5.41, 5.74) is 0. The van der Waals surface area contributed by atoms with Gasteiger partial charge in [-0.2, -0.15) is 0 Å².